The highest BCUT2D eigenvalue weighted by Gasteiger charge is 2.30. The Hall–Kier alpha value is -2.24. The van der Waals surface area contributed by atoms with Crippen LogP contribution in [0.4, 0.5) is 4.79 Å². The smallest absolute Gasteiger partial charge is 0.410 e. The summed E-state index contributed by atoms with van der Waals surface area (Å²) >= 11 is 6.43. The lowest BCUT2D eigenvalue weighted by molar-refractivity contribution is 0.0119. The predicted octanol–water partition coefficient (Wildman–Crippen LogP) is 4.86. The Morgan fingerprint density at radius 3 is 2.47 bits per heavy atom. The summed E-state index contributed by atoms with van der Waals surface area (Å²) in [5.74, 6) is 0.947. The third kappa shape index (κ3) is 4.73. The number of nitrogens with zero attached hydrogens (tertiary/aromatic N) is 2. The Kier molecular flexibility index (Phi) is 5.94. The normalized spacial score (nSPS) is 19.3. The molecule has 1 amide bonds. The number of carbonyl (C=O) groups excluding carboxylic acids is 1. The molecule has 0 saturated carbocycles. The van der Waals surface area contributed by atoms with Crippen LogP contribution < -0.4 is 4.74 Å². The quantitative estimate of drug-likeness (QED) is 0.699. The van der Waals surface area contributed by atoms with E-state index in [-0.39, 0.29) is 12.2 Å². The van der Waals surface area contributed by atoms with Crippen LogP contribution in [0, 0.1) is 0 Å². The number of halogens is 1. The molecule has 4 rings (SSSR count). The summed E-state index contributed by atoms with van der Waals surface area (Å²) in [6.45, 7) is 9.55. The standard InChI is InChI=1S/C24H29ClN2O3/c1-24(2,3)30-23(28)27-13-11-26(12-14-27)16-18-15-17-7-6-9-20(22(17)29-18)19-8-4-5-10-21(19)25/h4-10,18H,11-16H2,1-3H3/t18-/m1/s1. The van der Waals surface area contributed by atoms with Crippen LogP contribution in [0.5, 0.6) is 5.75 Å². The Morgan fingerprint density at radius 1 is 1.07 bits per heavy atom. The van der Waals surface area contributed by atoms with E-state index in [2.05, 4.69) is 23.1 Å². The second kappa shape index (κ2) is 8.48. The molecule has 0 radical (unpaired) electrons. The largest absolute Gasteiger partial charge is 0.488 e. The molecule has 1 saturated heterocycles. The molecular weight excluding hydrogens is 400 g/mol. The van der Waals surface area contributed by atoms with Crippen molar-refractivity contribution in [1.82, 2.24) is 9.80 Å². The molecule has 1 fully saturated rings. The Balaban J connectivity index is 1.36. The first-order chi connectivity index (χ1) is 14.3. The van der Waals surface area contributed by atoms with Gasteiger partial charge in [0.15, 0.2) is 0 Å². The van der Waals surface area contributed by atoms with Gasteiger partial charge in [-0.2, -0.15) is 0 Å². The van der Waals surface area contributed by atoms with Crippen molar-refractivity contribution in [2.45, 2.75) is 38.9 Å². The van der Waals surface area contributed by atoms with Crippen molar-refractivity contribution in [1.29, 1.82) is 0 Å². The minimum absolute atomic E-state index is 0.108. The van der Waals surface area contributed by atoms with Crippen molar-refractivity contribution in [2.75, 3.05) is 32.7 Å². The summed E-state index contributed by atoms with van der Waals surface area (Å²) in [4.78, 5) is 16.4. The lowest BCUT2D eigenvalue weighted by atomic mass is 10.0. The van der Waals surface area contributed by atoms with Gasteiger partial charge in [-0.1, -0.05) is 48.0 Å². The van der Waals surface area contributed by atoms with Gasteiger partial charge in [0, 0.05) is 55.3 Å². The molecule has 2 aromatic rings. The van der Waals surface area contributed by atoms with Gasteiger partial charge in [-0.05, 0) is 32.4 Å². The zero-order valence-electron chi connectivity index (χ0n) is 17.9. The number of hydrogen-bond donors (Lipinski definition) is 0. The molecule has 0 aliphatic carbocycles. The van der Waals surface area contributed by atoms with Gasteiger partial charge in [0.25, 0.3) is 0 Å². The molecule has 6 heteroatoms. The molecule has 2 aliphatic heterocycles. The summed E-state index contributed by atoms with van der Waals surface area (Å²) in [6.07, 6.45) is 0.771. The van der Waals surface area contributed by atoms with Crippen molar-refractivity contribution < 1.29 is 14.3 Å². The van der Waals surface area contributed by atoms with Crippen LogP contribution in [0.3, 0.4) is 0 Å². The molecule has 0 unspecified atom stereocenters. The molecule has 30 heavy (non-hydrogen) atoms. The number of rotatable bonds is 3. The molecule has 2 aliphatic rings. The number of hydrogen-bond acceptors (Lipinski definition) is 4. The van der Waals surface area contributed by atoms with E-state index in [0.717, 1.165) is 48.0 Å². The number of piperazine rings is 1. The van der Waals surface area contributed by atoms with Crippen LogP contribution in [0.1, 0.15) is 26.3 Å². The molecule has 1 atom stereocenters. The van der Waals surface area contributed by atoms with Crippen molar-refractivity contribution in [2.24, 2.45) is 0 Å². The summed E-state index contributed by atoms with van der Waals surface area (Å²) in [5.41, 5.74) is 2.82. The molecule has 2 aromatic carbocycles. The van der Waals surface area contributed by atoms with Crippen molar-refractivity contribution in [3.63, 3.8) is 0 Å². The molecule has 2 heterocycles. The highest BCUT2D eigenvalue weighted by Crippen LogP contribution is 2.41. The van der Waals surface area contributed by atoms with Gasteiger partial charge in [0.1, 0.15) is 17.5 Å². The molecule has 0 N–H and O–H groups in total. The second-order valence-corrected chi connectivity index (χ2v) is 9.39. The Labute approximate surface area is 183 Å². The summed E-state index contributed by atoms with van der Waals surface area (Å²) in [6, 6.07) is 14.2. The SMILES string of the molecule is CC(C)(C)OC(=O)N1CCN(C[C@H]2Cc3cccc(-c4ccccc4Cl)c3O2)CC1. The molecule has 0 bridgehead atoms. The van der Waals surface area contributed by atoms with E-state index in [1.54, 1.807) is 4.90 Å². The number of benzene rings is 2. The van der Waals surface area contributed by atoms with Crippen molar-refractivity contribution in [3.05, 3.63) is 53.1 Å². The summed E-state index contributed by atoms with van der Waals surface area (Å²) < 4.78 is 11.9. The topological polar surface area (TPSA) is 42.0 Å². The average Bonchev–Trinajstić information content (AvgIpc) is 3.10. The number of para-hydroxylation sites is 1. The highest BCUT2D eigenvalue weighted by atomic mass is 35.5. The van der Waals surface area contributed by atoms with Gasteiger partial charge in [0.05, 0.1) is 0 Å². The van der Waals surface area contributed by atoms with Crippen LogP contribution in [0.2, 0.25) is 5.02 Å². The second-order valence-electron chi connectivity index (χ2n) is 8.99. The fraction of sp³-hybridized carbons (Fsp3) is 0.458. The van der Waals surface area contributed by atoms with Crippen LogP contribution in [0.15, 0.2) is 42.5 Å². The van der Waals surface area contributed by atoms with Gasteiger partial charge in [-0.3, -0.25) is 4.90 Å². The van der Waals surface area contributed by atoms with Crippen LogP contribution in [0.25, 0.3) is 11.1 Å². The molecule has 5 nitrogen and oxygen atoms in total. The highest BCUT2D eigenvalue weighted by molar-refractivity contribution is 6.33. The third-order valence-corrected chi connectivity index (χ3v) is 5.81. The van der Waals surface area contributed by atoms with E-state index in [0.29, 0.717) is 13.1 Å². The maximum absolute atomic E-state index is 12.3. The van der Waals surface area contributed by atoms with Gasteiger partial charge in [-0.25, -0.2) is 4.79 Å². The number of fused-ring (bicyclic) bond motifs is 1. The minimum atomic E-state index is -0.461. The minimum Gasteiger partial charge on any atom is -0.488 e. The van der Waals surface area contributed by atoms with Gasteiger partial charge < -0.3 is 14.4 Å². The van der Waals surface area contributed by atoms with Gasteiger partial charge in [0.2, 0.25) is 0 Å². The van der Waals surface area contributed by atoms with Gasteiger partial charge >= 0.3 is 6.09 Å². The average molecular weight is 429 g/mol. The summed E-state index contributed by atoms with van der Waals surface area (Å²) in [5, 5.41) is 0.733. The fourth-order valence-electron chi connectivity index (χ4n) is 4.06. The van der Waals surface area contributed by atoms with Crippen molar-refractivity contribution in [3.8, 4) is 16.9 Å². The first-order valence-corrected chi connectivity index (χ1v) is 10.9. The predicted molar refractivity (Wildman–Crippen MR) is 119 cm³/mol. The number of carbonyl (C=O) groups is 1. The maximum Gasteiger partial charge on any atom is 0.410 e. The Morgan fingerprint density at radius 2 is 1.77 bits per heavy atom. The number of amides is 1. The van der Waals surface area contributed by atoms with Crippen molar-refractivity contribution >= 4 is 17.7 Å². The first kappa shape index (κ1) is 21.0. The lowest BCUT2D eigenvalue weighted by Gasteiger charge is -2.36. The van der Waals surface area contributed by atoms with Crippen LogP contribution in [-0.2, 0) is 11.2 Å². The monoisotopic (exact) mass is 428 g/mol. The number of ether oxygens (including phenoxy) is 2. The lowest BCUT2D eigenvalue weighted by Crippen LogP contribution is -2.51. The first-order valence-electron chi connectivity index (χ1n) is 10.5. The van der Waals surface area contributed by atoms with E-state index < -0.39 is 5.60 Å². The maximum atomic E-state index is 12.3. The van der Waals surface area contributed by atoms with E-state index in [4.69, 9.17) is 21.1 Å². The molecule has 0 spiro atoms. The molecule has 0 aromatic heterocycles. The zero-order chi connectivity index (χ0) is 21.3. The Bertz CT molecular complexity index is 917. The van der Waals surface area contributed by atoms with Crippen LogP contribution in [-0.4, -0.2) is 60.3 Å². The third-order valence-electron chi connectivity index (χ3n) is 5.48. The summed E-state index contributed by atoms with van der Waals surface area (Å²) in [7, 11) is 0. The van der Waals surface area contributed by atoms with Crippen LogP contribution >= 0.6 is 11.6 Å². The molecule has 160 valence electrons. The van der Waals surface area contributed by atoms with Gasteiger partial charge in [-0.15, -0.1) is 0 Å². The van der Waals surface area contributed by atoms with E-state index in [1.807, 2.05) is 45.0 Å². The zero-order valence-corrected chi connectivity index (χ0v) is 18.6. The fourth-order valence-corrected chi connectivity index (χ4v) is 4.30. The molecular formula is C24H29ClN2O3. The van der Waals surface area contributed by atoms with E-state index in [1.165, 1.54) is 5.56 Å². The van der Waals surface area contributed by atoms with E-state index >= 15 is 0 Å². The van der Waals surface area contributed by atoms with E-state index in [9.17, 15) is 4.79 Å².